The first-order chi connectivity index (χ1) is 8.11. The quantitative estimate of drug-likeness (QED) is 0.755. The zero-order chi connectivity index (χ0) is 12.4. The van der Waals surface area contributed by atoms with E-state index in [4.69, 9.17) is 0 Å². The van der Waals surface area contributed by atoms with E-state index in [1.807, 2.05) is 50.3 Å². The molecule has 0 aliphatic rings. The molecule has 0 atom stereocenters. The van der Waals surface area contributed by atoms with Crippen LogP contribution in [0.2, 0.25) is 0 Å². The number of aryl methyl sites for hydroxylation is 1. The molecule has 17 heavy (non-hydrogen) atoms. The van der Waals surface area contributed by atoms with Crippen LogP contribution >= 0.6 is 0 Å². The summed E-state index contributed by atoms with van der Waals surface area (Å²) in [6.45, 7) is 0. The second kappa shape index (κ2) is 4.41. The van der Waals surface area contributed by atoms with E-state index in [0.717, 1.165) is 23.2 Å². The summed E-state index contributed by atoms with van der Waals surface area (Å²) >= 11 is 0. The fraction of sp³-hybridized carbons (Fsp3) is 0.231. The third-order valence-electron chi connectivity index (χ3n) is 2.64. The zero-order valence-corrected chi connectivity index (χ0v) is 10.2. The lowest BCUT2D eigenvalue weighted by molar-refractivity contribution is 0.112. The van der Waals surface area contributed by atoms with Gasteiger partial charge in [-0.25, -0.2) is 0 Å². The largest absolute Gasteiger partial charge is 0.378 e. The predicted molar refractivity (Wildman–Crippen MR) is 68.4 cm³/mol. The average Bonchev–Trinajstić information content (AvgIpc) is 2.70. The topological polar surface area (TPSA) is 38.1 Å². The minimum atomic E-state index is 0.616. The van der Waals surface area contributed by atoms with E-state index < -0.39 is 0 Å². The number of aromatic nitrogens is 2. The number of carbonyl (C=O) groups excluding carboxylic acids is 1. The molecule has 4 nitrogen and oxygen atoms in total. The molecule has 2 rings (SSSR count). The Morgan fingerprint density at radius 2 is 1.88 bits per heavy atom. The van der Waals surface area contributed by atoms with Crippen molar-refractivity contribution in [3.05, 3.63) is 36.0 Å². The molecule has 0 amide bonds. The Hall–Kier alpha value is -2.10. The van der Waals surface area contributed by atoms with Gasteiger partial charge in [0, 0.05) is 38.6 Å². The lowest BCUT2D eigenvalue weighted by atomic mass is 10.1. The molecule has 1 aromatic carbocycles. The van der Waals surface area contributed by atoms with Crippen LogP contribution < -0.4 is 4.90 Å². The Kier molecular flexibility index (Phi) is 2.95. The van der Waals surface area contributed by atoms with Gasteiger partial charge in [-0.1, -0.05) is 12.1 Å². The molecule has 4 heteroatoms. The fourth-order valence-electron chi connectivity index (χ4n) is 1.73. The third-order valence-corrected chi connectivity index (χ3v) is 2.64. The first-order valence-electron chi connectivity index (χ1n) is 5.38. The fourth-order valence-corrected chi connectivity index (χ4v) is 1.73. The molecular formula is C13H15N3O. The summed E-state index contributed by atoms with van der Waals surface area (Å²) in [6.07, 6.45) is 2.56. The first-order valence-corrected chi connectivity index (χ1v) is 5.38. The van der Waals surface area contributed by atoms with E-state index >= 15 is 0 Å². The van der Waals surface area contributed by atoms with Gasteiger partial charge < -0.3 is 4.90 Å². The Labute approximate surface area is 100 Å². The molecule has 0 bridgehead atoms. The van der Waals surface area contributed by atoms with Gasteiger partial charge in [0.25, 0.3) is 0 Å². The summed E-state index contributed by atoms with van der Waals surface area (Å²) in [6, 6.07) is 7.98. The third kappa shape index (κ3) is 2.20. The van der Waals surface area contributed by atoms with Gasteiger partial charge in [-0.15, -0.1) is 0 Å². The van der Waals surface area contributed by atoms with E-state index in [1.54, 1.807) is 10.9 Å². The maximum atomic E-state index is 10.9. The van der Waals surface area contributed by atoms with E-state index in [1.165, 1.54) is 0 Å². The van der Waals surface area contributed by atoms with Crippen molar-refractivity contribution in [1.29, 1.82) is 0 Å². The normalized spacial score (nSPS) is 10.3. The number of hydrogen-bond donors (Lipinski definition) is 0. The summed E-state index contributed by atoms with van der Waals surface area (Å²) < 4.78 is 1.65. The zero-order valence-electron chi connectivity index (χ0n) is 10.2. The molecule has 0 aliphatic carbocycles. The van der Waals surface area contributed by atoms with Crippen molar-refractivity contribution in [2.45, 2.75) is 0 Å². The van der Waals surface area contributed by atoms with Crippen LogP contribution in [0, 0.1) is 0 Å². The monoisotopic (exact) mass is 229 g/mol. The maximum absolute atomic E-state index is 10.9. The van der Waals surface area contributed by atoms with Gasteiger partial charge >= 0.3 is 0 Å². The highest BCUT2D eigenvalue weighted by molar-refractivity contribution is 5.85. The van der Waals surface area contributed by atoms with Crippen molar-refractivity contribution in [2.75, 3.05) is 19.0 Å². The Morgan fingerprint density at radius 1 is 1.24 bits per heavy atom. The molecule has 0 aliphatic heterocycles. The smallest absolute Gasteiger partial charge is 0.153 e. The Bertz CT molecular complexity index is 526. The number of hydrogen-bond acceptors (Lipinski definition) is 3. The minimum Gasteiger partial charge on any atom is -0.378 e. The highest BCUT2D eigenvalue weighted by atomic mass is 16.1. The molecule has 0 radical (unpaired) electrons. The van der Waals surface area contributed by atoms with Crippen molar-refractivity contribution < 1.29 is 4.79 Å². The lowest BCUT2D eigenvalue weighted by Gasteiger charge is -2.12. The van der Waals surface area contributed by atoms with Gasteiger partial charge in [-0.05, 0) is 12.1 Å². The van der Waals surface area contributed by atoms with Gasteiger partial charge in [-0.3, -0.25) is 9.48 Å². The standard InChI is InChI=1S/C13H15N3O/c1-15(2)12-6-4-10(5-7-12)13-11(9-17)8-16(3)14-13/h4-9H,1-3H3. The summed E-state index contributed by atoms with van der Waals surface area (Å²) in [5, 5.41) is 4.30. The SMILES string of the molecule is CN(C)c1ccc(-c2nn(C)cc2C=O)cc1. The number of rotatable bonds is 3. The summed E-state index contributed by atoms with van der Waals surface area (Å²) in [4.78, 5) is 13.0. The van der Waals surface area contributed by atoms with Crippen LogP contribution in [0.4, 0.5) is 5.69 Å². The van der Waals surface area contributed by atoms with Crippen LogP contribution in [0.5, 0.6) is 0 Å². The molecule has 0 unspecified atom stereocenters. The Morgan fingerprint density at radius 3 is 2.41 bits per heavy atom. The second-order valence-corrected chi connectivity index (χ2v) is 4.17. The molecule has 88 valence electrons. The molecule has 1 aromatic heterocycles. The van der Waals surface area contributed by atoms with Gasteiger partial charge in [0.15, 0.2) is 6.29 Å². The average molecular weight is 229 g/mol. The van der Waals surface area contributed by atoms with Crippen molar-refractivity contribution in [3.63, 3.8) is 0 Å². The van der Waals surface area contributed by atoms with Crippen LogP contribution in [0.15, 0.2) is 30.5 Å². The van der Waals surface area contributed by atoms with Gasteiger partial charge in [-0.2, -0.15) is 5.10 Å². The Balaban J connectivity index is 2.42. The van der Waals surface area contributed by atoms with E-state index in [-0.39, 0.29) is 0 Å². The molecule has 1 heterocycles. The highest BCUT2D eigenvalue weighted by Gasteiger charge is 2.09. The van der Waals surface area contributed by atoms with Crippen LogP contribution in [0.25, 0.3) is 11.3 Å². The minimum absolute atomic E-state index is 0.616. The molecule has 2 aromatic rings. The van der Waals surface area contributed by atoms with Crippen molar-refractivity contribution >= 4 is 12.0 Å². The molecule has 0 saturated heterocycles. The highest BCUT2D eigenvalue weighted by Crippen LogP contribution is 2.23. The summed E-state index contributed by atoms with van der Waals surface area (Å²) in [5.74, 6) is 0. The van der Waals surface area contributed by atoms with Crippen LogP contribution in [0.3, 0.4) is 0 Å². The summed E-state index contributed by atoms with van der Waals surface area (Å²) in [5.41, 5.74) is 3.42. The van der Waals surface area contributed by atoms with Gasteiger partial charge in [0.2, 0.25) is 0 Å². The second-order valence-electron chi connectivity index (χ2n) is 4.17. The van der Waals surface area contributed by atoms with Crippen LogP contribution in [0.1, 0.15) is 10.4 Å². The number of anilines is 1. The van der Waals surface area contributed by atoms with Crippen molar-refractivity contribution in [3.8, 4) is 11.3 Å². The van der Waals surface area contributed by atoms with Crippen LogP contribution in [-0.2, 0) is 7.05 Å². The number of aldehydes is 1. The van der Waals surface area contributed by atoms with E-state index in [0.29, 0.717) is 5.56 Å². The number of nitrogens with zero attached hydrogens (tertiary/aromatic N) is 3. The summed E-state index contributed by atoms with van der Waals surface area (Å²) in [7, 11) is 5.80. The van der Waals surface area contributed by atoms with Crippen molar-refractivity contribution in [1.82, 2.24) is 9.78 Å². The molecule has 0 spiro atoms. The van der Waals surface area contributed by atoms with E-state index in [2.05, 4.69) is 5.10 Å². The van der Waals surface area contributed by atoms with E-state index in [9.17, 15) is 4.79 Å². The molecule has 0 fully saturated rings. The van der Waals surface area contributed by atoms with Crippen molar-refractivity contribution in [2.24, 2.45) is 7.05 Å². The number of carbonyl (C=O) groups is 1. The number of benzene rings is 1. The molecule has 0 N–H and O–H groups in total. The van der Waals surface area contributed by atoms with Crippen LogP contribution in [-0.4, -0.2) is 30.2 Å². The molecule has 0 saturated carbocycles. The van der Waals surface area contributed by atoms with Gasteiger partial charge in [0.1, 0.15) is 5.69 Å². The first kappa shape index (κ1) is 11.4. The predicted octanol–water partition coefficient (Wildman–Crippen LogP) is 1.97. The maximum Gasteiger partial charge on any atom is 0.153 e. The lowest BCUT2D eigenvalue weighted by Crippen LogP contribution is -2.07. The van der Waals surface area contributed by atoms with Gasteiger partial charge in [0.05, 0.1) is 5.56 Å². The molecular weight excluding hydrogens is 214 g/mol.